The number of carbonyl (C=O) groups is 2. The van der Waals surface area contributed by atoms with Gasteiger partial charge in [0.1, 0.15) is 0 Å². The van der Waals surface area contributed by atoms with Crippen molar-refractivity contribution in [3.63, 3.8) is 0 Å². The molecule has 2 aliphatic rings. The van der Waals surface area contributed by atoms with Gasteiger partial charge in [-0.3, -0.25) is 14.4 Å². The number of amides is 2. The first-order chi connectivity index (χ1) is 18.3. The molecule has 214 valence electrons. The van der Waals surface area contributed by atoms with Crippen LogP contribution in [0.15, 0.2) is 30.5 Å². The van der Waals surface area contributed by atoms with E-state index in [1.165, 1.54) is 31.3 Å². The number of benzene rings is 1. The lowest BCUT2D eigenvalue weighted by Crippen LogP contribution is -2.49. The zero-order valence-electron chi connectivity index (χ0n) is 21.7. The summed E-state index contributed by atoms with van der Waals surface area (Å²) in [4.78, 5) is 29.8. The minimum absolute atomic E-state index is 0.00614. The highest BCUT2D eigenvalue weighted by Crippen LogP contribution is 2.35. The Morgan fingerprint density at radius 1 is 1.05 bits per heavy atom. The fraction of sp³-hybridized carbons (Fsp3) is 0.542. The van der Waals surface area contributed by atoms with Crippen LogP contribution in [0.2, 0.25) is 0 Å². The molecule has 2 saturated heterocycles. The first kappa shape index (κ1) is 28.7. The molecule has 11 nitrogen and oxygen atoms in total. The molecule has 2 amide bonds. The number of hydrogen-bond acceptors (Lipinski definition) is 7. The number of halogens is 3. The van der Waals surface area contributed by atoms with Crippen molar-refractivity contribution in [3.8, 4) is 0 Å². The van der Waals surface area contributed by atoms with E-state index in [1.807, 2.05) is 4.90 Å². The second kappa shape index (κ2) is 11.4. The van der Waals surface area contributed by atoms with E-state index in [0.717, 1.165) is 22.6 Å². The highest BCUT2D eigenvalue weighted by atomic mass is 32.2. The highest BCUT2D eigenvalue weighted by molar-refractivity contribution is 7.92. The molecule has 0 saturated carbocycles. The number of nitrogens with one attached hydrogen (secondary N) is 2. The number of alkyl halides is 3. The number of sulfonamides is 1. The summed E-state index contributed by atoms with van der Waals surface area (Å²) in [6.45, 7) is 4.71. The maximum Gasteiger partial charge on any atom is 0.416 e. The Bertz CT molecular complexity index is 1300. The fourth-order valence-corrected chi connectivity index (χ4v) is 5.37. The summed E-state index contributed by atoms with van der Waals surface area (Å²) < 4.78 is 66.6. The van der Waals surface area contributed by atoms with Crippen molar-refractivity contribution in [1.29, 1.82) is 0 Å². The molecule has 2 aromatic rings. The Balaban J connectivity index is 1.41. The van der Waals surface area contributed by atoms with Gasteiger partial charge < -0.3 is 15.1 Å². The summed E-state index contributed by atoms with van der Waals surface area (Å²) in [5.41, 5.74) is 0.598. The second-order valence-corrected chi connectivity index (χ2v) is 11.6. The fourth-order valence-electron chi connectivity index (χ4n) is 4.88. The van der Waals surface area contributed by atoms with Crippen LogP contribution in [0.3, 0.4) is 0 Å². The summed E-state index contributed by atoms with van der Waals surface area (Å²) in [5.74, 6) is -0.0789. The highest BCUT2D eigenvalue weighted by Gasteiger charge is 2.33. The molecule has 0 bridgehead atoms. The van der Waals surface area contributed by atoms with E-state index in [9.17, 15) is 31.2 Å². The van der Waals surface area contributed by atoms with E-state index in [0.29, 0.717) is 64.3 Å². The summed E-state index contributed by atoms with van der Waals surface area (Å²) in [6, 6.07) is 4.83. The van der Waals surface area contributed by atoms with Crippen LogP contribution < -0.4 is 14.9 Å². The van der Waals surface area contributed by atoms with Gasteiger partial charge in [0, 0.05) is 76.7 Å². The van der Waals surface area contributed by atoms with Gasteiger partial charge in [-0.1, -0.05) is 6.07 Å². The quantitative estimate of drug-likeness (QED) is 0.546. The molecule has 0 spiro atoms. The zero-order chi connectivity index (χ0) is 28.4. The summed E-state index contributed by atoms with van der Waals surface area (Å²) >= 11 is 0. The van der Waals surface area contributed by atoms with Crippen molar-refractivity contribution >= 4 is 33.5 Å². The number of carbonyl (C=O) groups excluding carboxylic acids is 2. The molecule has 0 radical (unpaired) electrons. The molecular formula is C24H32F3N7O4S. The third-order valence-electron chi connectivity index (χ3n) is 6.77. The van der Waals surface area contributed by atoms with Gasteiger partial charge in [0.25, 0.3) is 0 Å². The number of piperidine rings is 1. The van der Waals surface area contributed by atoms with Gasteiger partial charge in [0.15, 0.2) is 5.82 Å². The van der Waals surface area contributed by atoms with Crippen LogP contribution in [0.4, 0.5) is 29.5 Å². The van der Waals surface area contributed by atoms with E-state index in [1.54, 1.807) is 4.90 Å². The predicted molar refractivity (Wildman–Crippen MR) is 139 cm³/mol. The van der Waals surface area contributed by atoms with Crippen molar-refractivity contribution in [2.75, 3.05) is 55.1 Å². The van der Waals surface area contributed by atoms with Crippen LogP contribution in [0, 0.1) is 0 Å². The molecule has 2 N–H and O–H groups in total. The molecule has 2 fully saturated rings. The van der Waals surface area contributed by atoms with Crippen LogP contribution in [0.1, 0.15) is 30.9 Å². The average molecular weight is 572 g/mol. The van der Waals surface area contributed by atoms with Crippen molar-refractivity contribution < 1.29 is 31.2 Å². The largest absolute Gasteiger partial charge is 0.416 e. The van der Waals surface area contributed by atoms with Gasteiger partial charge >= 0.3 is 12.2 Å². The molecule has 1 aromatic carbocycles. The molecule has 39 heavy (non-hydrogen) atoms. The number of hydrogen-bond donors (Lipinski definition) is 2. The van der Waals surface area contributed by atoms with E-state index in [4.69, 9.17) is 0 Å². The molecule has 0 atom stereocenters. The summed E-state index contributed by atoms with van der Waals surface area (Å²) in [5, 5.41) is 6.85. The Hall–Kier alpha value is -3.33. The van der Waals surface area contributed by atoms with Gasteiger partial charge in [-0.15, -0.1) is 5.10 Å². The van der Waals surface area contributed by atoms with Crippen LogP contribution in [0.25, 0.3) is 0 Å². The topological polar surface area (TPSA) is 120 Å². The smallest absolute Gasteiger partial charge is 0.371 e. The van der Waals surface area contributed by atoms with E-state index in [-0.39, 0.29) is 17.8 Å². The van der Waals surface area contributed by atoms with E-state index in [2.05, 4.69) is 20.0 Å². The number of rotatable bonds is 6. The van der Waals surface area contributed by atoms with Gasteiger partial charge in [-0.25, -0.2) is 13.2 Å². The van der Waals surface area contributed by atoms with E-state index < -0.39 is 27.8 Å². The third-order valence-corrected chi connectivity index (χ3v) is 7.35. The Morgan fingerprint density at radius 2 is 1.72 bits per heavy atom. The lowest BCUT2D eigenvalue weighted by atomic mass is 10.0. The molecule has 0 unspecified atom stereocenters. The molecule has 15 heteroatoms. The minimum atomic E-state index is -4.46. The van der Waals surface area contributed by atoms with Crippen molar-refractivity contribution in [2.24, 2.45) is 0 Å². The van der Waals surface area contributed by atoms with Crippen molar-refractivity contribution in [1.82, 2.24) is 24.9 Å². The SMILES string of the molecule is CC(=O)NC1CCN(c2cc(C(F)(F)F)ccc2CN2CCN(C(=O)n3ccc(NS(C)(=O)=O)n3)CC2)CC1. The summed E-state index contributed by atoms with van der Waals surface area (Å²) in [6.07, 6.45) is -0.804. The Morgan fingerprint density at radius 3 is 2.31 bits per heavy atom. The second-order valence-electron chi connectivity index (χ2n) is 9.87. The number of aromatic nitrogens is 2. The predicted octanol–water partition coefficient (Wildman–Crippen LogP) is 2.16. The monoisotopic (exact) mass is 571 g/mol. The molecular weight excluding hydrogens is 539 g/mol. The van der Waals surface area contributed by atoms with E-state index >= 15 is 0 Å². The van der Waals surface area contributed by atoms with Gasteiger partial charge in [-0.2, -0.15) is 17.9 Å². The number of anilines is 2. The van der Waals surface area contributed by atoms with Crippen LogP contribution >= 0.6 is 0 Å². The standard InChI is InChI=1S/C24H32F3N7O4S/c1-17(35)28-20-5-8-32(9-6-20)21-15-19(24(25,26)27)4-3-18(21)16-31-11-13-33(14-12-31)23(36)34-10-7-22(29-34)30-39(2,37)38/h3-4,7,10,15,20H,5-6,8-9,11-14,16H2,1-2H3,(H,28,35)(H,29,30). The lowest BCUT2D eigenvalue weighted by Gasteiger charge is -2.37. The van der Waals surface area contributed by atoms with Gasteiger partial charge in [0.2, 0.25) is 15.9 Å². The Labute approximate surface area is 225 Å². The first-order valence-corrected chi connectivity index (χ1v) is 14.4. The molecule has 1 aromatic heterocycles. The first-order valence-electron chi connectivity index (χ1n) is 12.6. The number of nitrogens with zero attached hydrogens (tertiary/aromatic N) is 5. The number of piperazine rings is 1. The van der Waals surface area contributed by atoms with Crippen LogP contribution in [0.5, 0.6) is 0 Å². The molecule has 0 aliphatic carbocycles. The molecule has 2 aliphatic heterocycles. The van der Waals surface area contributed by atoms with Gasteiger partial charge in [0.05, 0.1) is 11.8 Å². The summed E-state index contributed by atoms with van der Waals surface area (Å²) in [7, 11) is -3.52. The minimum Gasteiger partial charge on any atom is -0.371 e. The molecule has 3 heterocycles. The van der Waals surface area contributed by atoms with Crippen LogP contribution in [-0.2, 0) is 27.5 Å². The zero-order valence-corrected chi connectivity index (χ0v) is 22.6. The van der Waals surface area contributed by atoms with Crippen molar-refractivity contribution in [2.45, 2.75) is 38.5 Å². The molecule has 4 rings (SSSR count). The third kappa shape index (κ3) is 7.62. The lowest BCUT2D eigenvalue weighted by molar-refractivity contribution is -0.137. The average Bonchev–Trinajstić information content (AvgIpc) is 3.30. The van der Waals surface area contributed by atoms with Gasteiger partial charge in [-0.05, 0) is 30.5 Å². The normalized spacial score (nSPS) is 17.8. The maximum atomic E-state index is 13.5. The Kier molecular flexibility index (Phi) is 8.39. The maximum absolute atomic E-state index is 13.5. The van der Waals surface area contributed by atoms with Crippen molar-refractivity contribution in [3.05, 3.63) is 41.6 Å². The van der Waals surface area contributed by atoms with Crippen LogP contribution in [-0.4, -0.2) is 91.5 Å².